The lowest BCUT2D eigenvalue weighted by atomic mass is 9.93. The van der Waals surface area contributed by atoms with Crippen molar-refractivity contribution in [2.24, 2.45) is 5.73 Å². The molecule has 0 aliphatic heterocycles. The highest BCUT2D eigenvalue weighted by Crippen LogP contribution is 2.34. The minimum atomic E-state index is 0.428. The maximum Gasteiger partial charge on any atom is 0.0701 e. The van der Waals surface area contributed by atoms with E-state index < -0.39 is 0 Å². The molecule has 17 heavy (non-hydrogen) atoms. The normalized spacial score (nSPS) is 12.6. The molecule has 90 valence electrons. The molecular weight excluding hydrogens is 294 g/mol. The summed E-state index contributed by atoms with van der Waals surface area (Å²) in [6.45, 7) is 2.83. The van der Waals surface area contributed by atoms with Crippen molar-refractivity contribution < 1.29 is 0 Å². The van der Waals surface area contributed by atoms with E-state index in [2.05, 4.69) is 59.3 Å². The first-order chi connectivity index (χ1) is 8.20. The van der Waals surface area contributed by atoms with Crippen LogP contribution in [-0.2, 0) is 0 Å². The van der Waals surface area contributed by atoms with Crippen LogP contribution in [0.4, 0.5) is 0 Å². The molecule has 0 fully saturated rings. The van der Waals surface area contributed by atoms with Crippen LogP contribution in [0.3, 0.4) is 0 Å². The summed E-state index contributed by atoms with van der Waals surface area (Å²) in [5.74, 6) is 0.428. The molecule has 0 saturated heterocycles. The van der Waals surface area contributed by atoms with E-state index in [0.717, 1.165) is 6.42 Å². The third-order valence-corrected chi connectivity index (χ3v) is 4.61. The van der Waals surface area contributed by atoms with Crippen LogP contribution in [-0.4, -0.2) is 6.54 Å². The SMILES string of the molecule is Cc1ccc(C(CCN)c2ccc(Br)s2)cc1. The number of aryl methyl sites for hydroxylation is 1. The number of rotatable bonds is 4. The molecule has 1 aromatic carbocycles. The van der Waals surface area contributed by atoms with Gasteiger partial charge in [-0.3, -0.25) is 0 Å². The van der Waals surface area contributed by atoms with Gasteiger partial charge in [-0.05, 0) is 53.5 Å². The minimum absolute atomic E-state index is 0.428. The Labute approximate surface area is 115 Å². The standard InChI is InChI=1S/C14H16BrNS/c1-10-2-4-11(5-3-10)12(8-9-16)13-6-7-14(15)17-13/h2-7,12H,8-9,16H2,1H3. The third kappa shape index (κ3) is 3.18. The summed E-state index contributed by atoms with van der Waals surface area (Å²) in [6, 6.07) is 13.1. The van der Waals surface area contributed by atoms with E-state index in [-0.39, 0.29) is 0 Å². The van der Waals surface area contributed by atoms with Gasteiger partial charge in [-0.1, -0.05) is 29.8 Å². The van der Waals surface area contributed by atoms with Gasteiger partial charge in [-0.15, -0.1) is 11.3 Å². The average molecular weight is 310 g/mol. The lowest BCUT2D eigenvalue weighted by molar-refractivity contribution is 0.737. The summed E-state index contributed by atoms with van der Waals surface area (Å²) >= 11 is 5.32. The average Bonchev–Trinajstić information content (AvgIpc) is 2.74. The lowest BCUT2D eigenvalue weighted by Gasteiger charge is -2.15. The first-order valence-electron chi connectivity index (χ1n) is 5.72. The van der Waals surface area contributed by atoms with Crippen LogP contribution in [0.25, 0.3) is 0 Å². The van der Waals surface area contributed by atoms with Crippen molar-refractivity contribution in [3.8, 4) is 0 Å². The van der Waals surface area contributed by atoms with Crippen LogP contribution in [0, 0.1) is 6.92 Å². The number of halogens is 1. The number of benzene rings is 1. The number of hydrogen-bond acceptors (Lipinski definition) is 2. The lowest BCUT2D eigenvalue weighted by Crippen LogP contribution is -2.07. The molecule has 0 radical (unpaired) electrons. The molecule has 0 spiro atoms. The van der Waals surface area contributed by atoms with Gasteiger partial charge in [-0.25, -0.2) is 0 Å². The molecule has 2 N–H and O–H groups in total. The van der Waals surface area contributed by atoms with E-state index in [1.54, 1.807) is 11.3 Å². The van der Waals surface area contributed by atoms with Crippen LogP contribution in [0.1, 0.15) is 28.3 Å². The van der Waals surface area contributed by atoms with Crippen LogP contribution in [0.15, 0.2) is 40.2 Å². The fraction of sp³-hybridized carbons (Fsp3) is 0.286. The molecule has 1 atom stereocenters. The van der Waals surface area contributed by atoms with Gasteiger partial charge < -0.3 is 5.73 Å². The minimum Gasteiger partial charge on any atom is -0.330 e. The van der Waals surface area contributed by atoms with Crippen LogP contribution >= 0.6 is 27.3 Å². The summed E-state index contributed by atoms with van der Waals surface area (Å²) < 4.78 is 1.18. The highest BCUT2D eigenvalue weighted by atomic mass is 79.9. The summed E-state index contributed by atoms with van der Waals surface area (Å²) in [7, 11) is 0. The molecule has 3 heteroatoms. The van der Waals surface area contributed by atoms with E-state index in [1.807, 2.05) is 0 Å². The Bertz CT molecular complexity index is 475. The van der Waals surface area contributed by atoms with E-state index in [1.165, 1.54) is 19.8 Å². The van der Waals surface area contributed by atoms with Crippen molar-refractivity contribution in [3.63, 3.8) is 0 Å². The molecule has 0 bridgehead atoms. The van der Waals surface area contributed by atoms with Gasteiger partial charge in [0.1, 0.15) is 0 Å². The topological polar surface area (TPSA) is 26.0 Å². The fourth-order valence-electron chi connectivity index (χ4n) is 1.95. The predicted molar refractivity (Wildman–Crippen MR) is 78.7 cm³/mol. The molecule has 1 aromatic heterocycles. The van der Waals surface area contributed by atoms with Gasteiger partial charge >= 0.3 is 0 Å². The summed E-state index contributed by atoms with van der Waals surface area (Å²) in [5.41, 5.74) is 8.39. The number of hydrogen-bond donors (Lipinski definition) is 1. The van der Waals surface area contributed by atoms with Crippen LogP contribution < -0.4 is 5.73 Å². The van der Waals surface area contributed by atoms with Gasteiger partial charge in [0.15, 0.2) is 0 Å². The Morgan fingerprint density at radius 1 is 1.18 bits per heavy atom. The molecular formula is C14H16BrNS. The second kappa shape index (κ2) is 5.80. The Morgan fingerprint density at radius 2 is 1.88 bits per heavy atom. The fourth-order valence-corrected chi connectivity index (χ4v) is 3.54. The zero-order valence-corrected chi connectivity index (χ0v) is 12.2. The number of nitrogens with two attached hydrogens (primary N) is 1. The van der Waals surface area contributed by atoms with E-state index in [0.29, 0.717) is 12.5 Å². The van der Waals surface area contributed by atoms with Crippen molar-refractivity contribution in [1.29, 1.82) is 0 Å². The Kier molecular flexibility index (Phi) is 4.37. The predicted octanol–water partition coefficient (Wildman–Crippen LogP) is 4.30. The highest BCUT2D eigenvalue weighted by molar-refractivity contribution is 9.11. The molecule has 0 amide bonds. The van der Waals surface area contributed by atoms with Gasteiger partial charge in [-0.2, -0.15) is 0 Å². The van der Waals surface area contributed by atoms with E-state index >= 15 is 0 Å². The van der Waals surface area contributed by atoms with Gasteiger partial charge in [0, 0.05) is 10.8 Å². The smallest absolute Gasteiger partial charge is 0.0701 e. The molecule has 0 aliphatic carbocycles. The first kappa shape index (κ1) is 12.8. The maximum atomic E-state index is 5.73. The van der Waals surface area contributed by atoms with Crippen molar-refractivity contribution in [2.45, 2.75) is 19.3 Å². The highest BCUT2D eigenvalue weighted by Gasteiger charge is 2.15. The largest absolute Gasteiger partial charge is 0.330 e. The molecule has 0 saturated carbocycles. The third-order valence-electron chi connectivity index (χ3n) is 2.87. The zero-order valence-electron chi connectivity index (χ0n) is 9.82. The molecule has 1 nitrogen and oxygen atoms in total. The quantitative estimate of drug-likeness (QED) is 0.895. The molecule has 1 heterocycles. The first-order valence-corrected chi connectivity index (χ1v) is 7.33. The van der Waals surface area contributed by atoms with Gasteiger partial charge in [0.2, 0.25) is 0 Å². The van der Waals surface area contributed by atoms with Crippen molar-refractivity contribution in [3.05, 3.63) is 56.2 Å². The van der Waals surface area contributed by atoms with Crippen LogP contribution in [0.2, 0.25) is 0 Å². The Balaban J connectivity index is 2.31. The van der Waals surface area contributed by atoms with Gasteiger partial charge in [0.05, 0.1) is 3.79 Å². The molecule has 2 rings (SSSR count). The molecule has 1 unspecified atom stereocenters. The zero-order chi connectivity index (χ0) is 12.3. The van der Waals surface area contributed by atoms with E-state index in [4.69, 9.17) is 5.73 Å². The summed E-state index contributed by atoms with van der Waals surface area (Å²) in [6.07, 6.45) is 0.996. The van der Waals surface area contributed by atoms with Gasteiger partial charge in [0.25, 0.3) is 0 Å². The Morgan fingerprint density at radius 3 is 2.41 bits per heavy atom. The van der Waals surface area contributed by atoms with Crippen molar-refractivity contribution >= 4 is 27.3 Å². The van der Waals surface area contributed by atoms with Crippen molar-refractivity contribution in [1.82, 2.24) is 0 Å². The monoisotopic (exact) mass is 309 g/mol. The Hall–Kier alpha value is -0.640. The van der Waals surface area contributed by atoms with Crippen molar-refractivity contribution in [2.75, 3.05) is 6.54 Å². The van der Waals surface area contributed by atoms with Crippen LogP contribution in [0.5, 0.6) is 0 Å². The molecule has 0 aliphatic rings. The summed E-state index contributed by atoms with van der Waals surface area (Å²) in [5, 5.41) is 0. The second-order valence-electron chi connectivity index (χ2n) is 4.18. The molecule has 2 aromatic rings. The van der Waals surface area contributed by atoms with E-state index in [9.17, 15) is 0 Å². The summed E-state index contributed by atoms with van der Waals surface area (Å²) in [4.78, 5) is 1.38. The second-order valence-corrected chi connectivity index (χ2v) is 6.68. The maximum absolute atomic E-state index is 5.73. The number of thiophene rings is 1.